The molecule has 1 atom stereocenters. The summed E-state index contributed by atoms with van der Waals surface area (Å²) >= 11 is 1.55. The first-order valence-electron chi connectivity index (χ1n) is 14.4. The van der Waals surface area contributed by atoms with Crippen molar-refractivity contribution in [1.82, 2.24) is 0 Å². The Bertz CT molecular complexity index is 1240. The molecule has 220 valence electrons. The maximum Gasteiger partial charge on any atom is -1.00 e. The molecule has 3 aromatic rings. The molecule has 0 amide bonds. The molecule has 0 fully saturated rings. The van der Waals surface area contributed by atoms with Gasteiger partial charge in [-0.1, -0.05) is 136 Å². The molecule has 3 heteroatoms. The van der Waals surface area contributed by atoms with E-state index < -0.39 is 0 Å². The summed E-state index contributed by atoms with van der Waals surface area (Å²) in [6.07, 6.45) is 8.28. The summed E-state index contributed by atoms with van der Waals surface area (Å²) in [5.41, 5.74) is 6.47. The summed E-state index contributed by atoms with van der Waals surface area (Å²) in [7, 11) is 0. The third kappa shape index (κ3) is 10.8. The van der Waals surface area contributed by atoms with Gasteiger partial charge in [-0.15, -0.1) is 39.7 Å². The first kappa shape index (κ1) is 39.1. The van der Waals surface area contributed by atoms with Crippen molar-refractivity contribution in [3.63, 3.8) is 0 Å². The third-order valence-electron chi connectivity index (χ3n) is 7.09. The zero-order chi connectivity index (χ0) is 29.1. The van der Waals surface area contributed by atoms with Gasteiger partial charge in [-0.25, -0.2) is 5.57 Å². The van der Waals surface area contributed by atoms with E-state index in [2.05, 4.69) is 145 Å². The summed E-state index contributed by atoms with van der Waals surface area (Å²) in [5, 5.41) is 5.48. The standard InChI is InChI=1S/C21H25.C13H21.C3H6.2ClH.Zr/c1-20(2,3)16-7-9-18-14(12-16)11-15-13-17(21(4,5)6)8-10-19(15)18;1-6-10-8-11(7-2)12(9-10)13(3,4)5;1-3-2;;;/h7-13H,1-6H3;9-10H,6-7H2,1-5H3;1-2H3;2*1H;/q2*-1;;;;+2/p-2. The second-order valence-electron chi connectivity index (χ2n) is 14.1. The average molecular weight is 659 g/mol. The van der Waals surface area contributed by atoms with Crippen LogP contribution in [0.4, 0.5) is 0 Å². The Morgan fingerprint density at radius 3 is 1.43 bits per heavy atom. The zero-order valence-corrected chi connectivity index (χ0v) is 31.3. The van der Waals surface area contributed by atoms with Gasteiger partial charge in [0.25, 0.3) is 0 Å². The Morgan fingerprint density at radius 1 is 0.750 bits per heavy atom. The molecule has 0 radical (unpaired) electrons. The molecular formula is C37H52Cl2Zr-2. The second kappa shape index (κ2) is 15.6. The first-order valence-corrected chi connectivity index (χ1v) is 15.6. The van der Waals surface area contributed by atoms with Crippen LogP contribution in [-0.4, -0.2) is 3.21 Å². The Kier molecular flexibility index (Phi) is 15.2. The molecule has 4 rings (SSSR count). The van der Waals surface area contributed by atoms with Crippen LogP contribution in [0, 0.1) is 17.4 Å². The van der Waals surface area contributed by atoms with Gasteiger partial charge >= 0.3 is 41.3 Å². The van der Waals surface area contributed by atoms with Crippen molar-refractivity contribution in [2.75, 3.05) is 0 Å². The van der Waals surface area contributed by atoms with E-state index >= 15 is 0 Å². The second-order valence-corrected chi connectivity index (χ2v) is 16.5. The van der Waals surface area contributed by atoms with Crippen molar-refractivity contribution in [3.05, 3.63) is 76.9 Å². The maximum absolute atomic E-state index is 3.57. The topological polar surface area (TPSA) is 0 Å². The van der Waals surface area contributed by atoms with E-state index in [1.165, 1.54) is 53.4 Å². The van der Waals surface area contributed by atoms with Crippen LogP contribution in [0.2, 0.25) is 0 Å². The summed E-state index contributed by atoms with van der Waals surface area (Å²) in [6.45, 7) is 29.2. The Morgan fingerprint density at radius 2 is 1.15 bits per heavy atom. The van der Waals surface area contributed by atoms with Crippen LogP contribution in [-0.2, 0) is 35.1 Å². The fraction of sp³-hybridized carbons (Fsp3) is 0.514. The molecular weight excluding hydrogens is 607 g/mol. The van der Waals surface area contributed by atoms with Crippen molar-refractivity contribution in [3.8, 4) is 0 Å². The molecule has 0 spiro atoms. The van der Waals surface area contributed by atoms with Gasteiger partial charge in [0.2, 0.25) is 0 Å². The minimum Gasteiger partial charge on any atom is -1.00 e. The largest absolute Gasteiger partial charge is 1.00 e. The quantitative estimate of drug-likeness (QED) is 0.333. The van der Waals surface area contributed by atoms with E-state index in [1.54, 1.807) is 24.2 Å². The molecule has 0 bridgehead atoms. The van der Waals surface area contributed by atoms with Crippen LogP contribution >= 0.6 is 0 Å². The predicted molar refractivity (Wildman–Crippen MR) is 169 cm³/mol. The smallest absolute Gasteiger partial charge is 1.00 e. The van der Waals surface area contributed by atoms with Crippen LogP contribution in [0.3, 0.4) is 0 Å². The van der Waals surface area contributed by atoms with Gasteiger partial charge in [-0.05, 0) is 10.8 Å². The van der Waals surface area contributed by atoms with Gasteiger partial charge in [0.15, 0.2) is 0 Å². The first-order chi connectivity index (χ1) is 17.4. The van der Waals surface area contributed by atoms with E-state index in [4.69, 9.17) is 0 Å². The molecule has 0 aliphatic heterocycles. The molecule has 40 heavy (non-hydrogen) atoms. The zero-order valence-electron chi connectivity index (χ0n) is 27.4. The van der Waals surface area contributed by atoms with E-state index in [0.29, 0.717) is 11.3 Å². The van der Waals surface area contributed by atoms with Crippen LogP contribution in [0.1, 0.15) is 114 Å². The molecule has 3 aromatic carbocycles. The Balaban J connectivity index is 0.000000692. The third-order valence-corrected chi connectivity index (χ3v) is 7.09. The summed E-state index contributed by atoms with van der Waals surface area (Å²) in [6, 6.07) is 16.2. The van der Waals surface area contributed by atoms with Crippen molar-refractivity contribution >= 4 is 24.8 Å². The monoisotopic (exact) mass is 656 g/mol. The molecule has 1 aliphatic rings. The number of benzene rings is 2. The van der Waals surface area contributed by atoms with E-state index in [9.17, 15) is 0 Å². The number of halogens is 2. The normalized spacial score (nSPS) is 15.1. The molecule has 0 aromatic heterocycles. The van der Waals surface area contributed by atoms with Gasteiger partial charge in [0, 0.05) is 0 Å². The van der Waals surface area contributed by atoms with Gasteiger partial charge < -0.3 is 24.8 Å². The van der Waals surface area contributed by atoms with Crippen molar-refractivity contribution in [1.29, 1.82) is 0 Å². The van der Waals surface area contributed by atoms with Crippen LogP contribution < -0.4 is 24.8 Å². The fourth-order valence-electron chi connectivity index (χ4n) is 4.82. The Labute approximate surface area is 274 Å². The van der Waals surface area contributed by atoms with Gasteiger partial charge in [0.05, 0.1) is 0 Å². The van der Waals surface area contributed by atoms with Crippen LogP contribution in [0.15, 0.2) is 59.7 Å². The van der Waals surface area contributed by atoms with Crippen molar-refractivity contribution in [2.24, 2.45) is 11.3 Å². The van der Waals surface area contributed by atoms with Crippen molar-refractivity contribution in [2.45, 2.75) is 114 Å². The minimum atomic E-state index is 0. The van der Waals surface area contributed by atoms with E-state index in [0.717, 1.165) is 6.42 Å². The van der Waals surface area contributed by atoms with Gasteiger partial charge in [-0.2, -0.15) is 11.6 Å². The molecule has 0 nitrogen and oxygen atoms in total. The summed E-state index contributed by atoms with van der Waals surface area (Å²) in [5.74, 6) is 0.573. The SMILES string of the molecule is CC(C)(C)c1ccc2c(c1)[cH-]c1cc(C(C)(C)C)ccc12.CCC1=[C-]C(CC)C=C1C(C)(C)C.C[C](C)=[Zr+2].[Cl-].[Cl-]. The molecule has 1 unspecified atom stereocenters. The van der Waals surface area contributed by atoms with E-state index in [1.807, 2.05) is 0 Å². The van der Waals surface area contributed by atoms with Crippen LogP contribution in [0.5, 0.6) is 0 Å². The molecule has 0 saturated carbocycles. The van der Waals surface area contributed by atoms with Gasteiger partial charge in [-0.3, -0.25) is 6.08 Å². The molecule has 0 heterocycles. The van der Waals surface area contributed by atoms with Gasteiger partial charge in [0.1, 0.15) is 0 Å². The maximum atomic E-state index is 3.57. The predicted octanol–water partition coefficient (Wildman–Crippen LogP) is 5.20. The van der Waals surface area contributed by atoms with Crippen molar-refractivity contribution < 1.29 is 49.0 Å². The number of hydrogen-bond donors (Lipinski definition) is 0. The number of allylic oxidation sites excluding steroid dienone is 4. The van der Waals surface area contributed by atoms with Crippen LogP contribution in [0.25, 0.3) is 21.5 Å². The Hall–Kier alpha value is -0.877. The average Bonchev–Trinajstić information content (AvgIpc) is 3.38. The summed E-state index contributed by atoms with van der Waals surface area (Å²) in [4.78, 5) is 0. The molecule has 0 saturated heterocycles. The minimum absolute atomic E-state index is 0. The van der Waals surface area contributed by atoms with E-state index in [-0.39, 0.29) is 35.6 Å². The molecule has 1 aliphatic carbocycles. The summed E-state index contributed by atoms with van der Waals surface area (Å²) < 4.78 is 1.51. The number of rotatable bonds is 2. The molecule has 0 N–H and O–H groups in total. The number of fused-ring (bicyclic) bond motifs is 3. The number of hydrogen-bond acceptors (Lipinski definition) is 0. The fourth-order valence-corrected chi connectivity index (χ4v) is 4.82.